The van der Waals surface area contributed by atoms with Crippen LogP contribution in [0.5, 0.6) is 0 Å². The number of hydrogen-bond donors (Lipinski definition) is 0. The number of thiazole rings is 1. The van der Waals surface area contributed by atoms with Crippen molar-refractivity contribution in [3.05, 3.63) is 34.3 Å². The molecule has 0 aliphatic heterocycles. The van der Waals surface area contributed by atoms with Gasteiger partial charge in [0.25, 0.3) is 0 Å². The summed E-state index contributed by atoms with van der Waals surface area (Å²) in [6.45, 7) is 2.78. The van der Waals surface area contributed by atoms with Crippen LogP contribution in [0.3, 0.4) is 0 Å². The van der Waals surface area contributed by atoms with E-state index < -0.39 is 0 Å². The zero-order valence-electron chi connectivity index (χ0n) is 7.77. The second-order valence-electron chi connectivity index (χ2n) is 3.05. The van der Waals surface area contributed by atoms with Gasteiger partial charge in [-0.15, -0.1) is 22.9 Å². The van der Waals surface area contributed by atoms with Gasteiger partial charge in [-0.2, -0.15) is 0 Å². The van der Waals surface area contributed by atoms with Crippen LogP contribution in [0.1, 0.15) is 16.4 Å². The molecule has 0 saturated carbocycles. The Balaban J connectivity index is 2.10. The summed E-state index contributed by atoms with van der Waals surface area (Å²) in [5.74, 6) is 0.462. The fraction of sp³-hybridized carbons (Fsp3) is 0.333. The molecular formula is C9H10ClN3S. The van der Waals surface area contributed by atoms with Crippen LogP contribution in [-0.2, 0) is 12.4 Å². The van der Waals surface area contributed by atoms with Crippen LogP contribution in [0.15, 0.2) is 17.9 Å². The number of halogens is 1. The highest BCUT2D eigenvalue weighted by atomic mass is 35.5. The number of nitrogens with zero attached hydrogens (tertiary/aromatic N) is 3. The van der Waals surface area contributed by atoms with Gasteiger partial charge in [0.2, 0.25) is 0 Å². The van der Waals surface area contributed by atoms with Crippen LogP contribution in [0.4, 0.5) is 0 Å². The molecule has 0 aliphatic rings. The summed E-state index contributed by atoms with van der Waals surface area (Å²) in [7, 11) is 0. The van der Waals surface area contributed by atoms with Crippen molar-refractivity contribution >= 4 is 22.9 Å². The monoisotopic (exact) mass is 227 g/mol. The van der Waals surface area contributed by atoms with E-state index in [9.17, 15) is 0 Å². The molecule has 0 saturated heterocycles. The Hall–Kier alpha value is -0.870. The number of aryl methyl sites for hydroxylation is 1. The molecule has 2 aromatic rings. The van der Waals surface area contributed by atoms with Gasteiger partial charge in [0.1, 0.15) is 5.01 Å². The molecule has 0 spiro atoms. The predicted octanol–water partition coefficient (Wildman–Crippen LogP) is 2.44. The van der Waals surface area contributed by atoms with Crippen molar-refractivity contribution in [1.29, 1.82) is 0 Å². The van der Waals surface area contributed by atoms with E-state index in [1.54, 1.807) is 17.7 Å². The van der Waals surface area contributed by atoms with Gasteiger partial charge in [0, 0.05) is 17.3 Å². The Morgan fingerprint density at radius 3 is 3.00 bits per heavy atom. The van der Waals surface area contributed by atoms with Gasteiger partial charge in [-0.05, 0) is 6.92 Å². The highest BCUT2D eigenvalue weighted by molar-refractivity contribution is 7.09. The Morgan fingerprint density at radius 1 is 1.57 bits per heavy atom. The summed E-state index contributed by atoms with van der Waals surface area (Å²) in [6, 6.07) is 0. The molecule has 0 fully saturated rings. The molecule has 5 heteroatoms. The number of rotatable bonds is 3. The lowest BCUT2D eigenvalue weighted by Crippen LogP contribution is -1.95. The summed E-state index contributed by atoms with van der Waals surface area (Å²) in [6.07, 6.45) is 3.73. The van der Waals surface area contributed by atoms with Crippen molar-refractivity contribution in [2.24, 2.45) is 0 Å². The Morgan fingerprint density at radius 2 is 2.43 bits per heavy atom. The van der Waals surface area contributed by atoms with Crippen LogP contribution in [-0.4, -0.2) is 14.5 Å². The quantitative estimate of drug-likeness (QED) is 0.755. The summed E-state index contributed by atoms with van der Waals surface area (Å²) >= 11 is 7.33. The van der Waals surface area contributed by atoms with Crippen LogP contribution in [0, 0.1) is 6.92 Å². The SMILES string of the molecule is Cc1csc(Cn2cnc(CCl)c2)n1. The summed E-state index contributed by atoms with van der Waals surface area (Å²) in [5, 5.41) is 3.15. The van der Waals surface area contributed by atoms with Gasteiger partial charge >= 0.3 is 0 Å². The minimum absolute atomic E-state index is 0.462. The minimum atomic E-state index is 0.462. The molecule has 0 aliphatic carbocycles. The largest absolute Gasteiger partial charge is 0.330 e. The molecule has 0 bridgehead atoms. The van der Waals surface area contributed by atoms with E-state index in [2.05, 4.69) is 15.3 Å². The molecule has 0 amide bonds. The fourth-order valence-corrected chi connectivity index (χ4v) is 2.11. The number of aromatic nitrogens is 3. The summed E-state index contributed by atoms with van der Waals surface area (Å²) in [5.41, 5.74) is 1.97. The van der Waals surface area contributed by atoms with E-state index in [1.165, 1.54) is 0 Å². The molecule has 2 rings (SSSR count). The maximum absolute atomic E-state index is 5.66. The first-order valence-corrected chi connectivity index (χ1v) is 5.67. The first kappa shape index (κ1) is 9.68. The van der Waals surface area contributed by atoms with Crippen molar-refractivity contribution in [2.45, 2.75) is 19.3 Å². The highest BCUT2D eigenvalue weighted by Crippen LogP contribution is 2.11. The molecule has 74 valence electrons. The molecule has 2 heterocycles. The Labute approximate surface area is 91.4 Å². The fourth-order valence-electron chi connectivity index (χ4n) is 1.19. The first-order valence-electron chi connectivity index (χ1n) is 4.25. The third-order valence-corrected chi connectivity index (χ3v) is 3.03. The zero-order chi connectivity index (χ0) is 9.97. The van der Waals surface area contributed by atoms with Crippen molar-refractivity contribution < 1.29 is 0 Å². The van der Waals surface area contributed by atoms with Crippen molar-refractivity contribution in [3.63, 3.8) is 0 Å². The first-order chi connectivity index (χ1) is 6.78. The van der Waals surface area contributed by atoms with Gasteiger partial charge < -0.3 is 4.57 Å². The van der Waals surface area contributed by atoms with Gasteiger partial charge in [-0.1, -0.05) is 0 Å². The van der Waals surface area contributed by atoms with Crippen LogP contribution in [0.25, 0.3) is 0 Å². The van der Waals surface area contributed by atoms with Crippen molar-refractivity contribution in [1.82, 2.24) is 14.5 Å². The highest BCUT2D eigenvalue weighted by Gasteiger charge is 2.01. The Kier molecular flexibility index (Phi) is 2.84. The molecule has 0 aromatic carbocycles. The van der Waals surface area contributed by atoms with Crippen LogP contribution < -0.4 is 0 Å². The maximum atomic E-state index is 5.66. The van der Waals surface area contributed by atoms with E-state index in [1.807, 2.05) is 17.7 Å². The lowest BCUT2D eigenvalue weighted by molar-refractivity contribution is 0.787. The van der Waals surface area contributed by atoms with Gasteiger partial charge in [0.05, 0.1) is 24.4 Å². The van der Waals surface area contributed by atoms with E-state index >= 15 is 0 Å². The van der Waals surface area contributed by atoms with E-state index in [4.69, 9.17) is 11.6 Å². The molecule has 14 heavy (non-hydrogen) atoms. The second-order valence-corrected chi connectivity index (χ2v) is 4.26. The lowest BCUT2D eigenvalue weighted by Gasteiger charge is -1.95. The smallest absolute Gasteiger partial charge is 0.113 e. The van der Waals surface area contributed by atoms with Crippen molar-refractivity contribution in [2.75, 3.05) is 0 Å². The van der Waals surface area contributed by atoms with Crippen LogP contribution >= 0.6 is 22.9 Å². The van der Waals surface area contributed by atoms with E-state index in [-0.39, 0.29) is 0 Å². The Bertz CT molecular complexity index is 421. The van der Waals surface area contributed by atoms with Gasteiger partial charge in [-0.3, -0.25) is 0 Å². The second kappa shape index (κ2) is 4.11. The minimum Gasteiger partial charge on any atom is -0.330 e. The predicted molar refractivity (Wildman–Crippen MR) is 57.7 cm³/mol. The third-order valence-electron chi connectivity index (χ3n) is 1.81. The number of alkyl halides is 1. The zero-order valence-corrected chi connectivity index (χ0v) is 9.35. The molecule has 0 unspecified atom stereocenters. The molecule has 0 radical (unpaired) electrons. The number of hydrogen-bond acceptors (Lipinski definition) is 3. The third kappa shape index (κ3) is 2.13. The summed E-state index contributed by atoms with van der Waals surface area (Å²) < 4.78 is 2.00. The topological polar surface area (TPSA) is 30.7 Å². The van der Waals surface area contributed by atoms with Gasteiger partial charge in [0.15, 0.2) is 0 Å². The van der Waals surface area contributed by atoms with E-state index in [0.717, 1.165) is 22.9 Å². The summed E-state index contributed by atoms with van der Waals surface area (Å²) in [4.78, 5) is 8.52. The lowest BCUT2D eigenvalue weighted by atomic mass is 10.5. The van der Waals surface area contributed by atoms with Crippen LogP contribution in [0.2, 0.25) is 0 Å². The molecule has 3 nitrogen and oxygen atoms in total. The maximum Gasteiger partial charge on any atom is 0.113 e. The molecule has 0 atom stereocenters. The van der Waals surface area contributed by atoms with Crippen molar-refractivity contribution in [3.8, 4) is 0 Å². The normalized spacial score (nSPS) is 10.7. The average molecular weight is 228 g/mol. The average Bonchev–Trinajstić information content (AvgIpc) is 2.76. The standard InChI is InChI=1S/C9H10ClN3S/c1-7-5-14-9(12-7)4-13-3-8(2-10)11-6-13/h3,5-6H,2,4H2,1H3. The molecule has 2 aromatic heterocycles. The molecular weight excluding hydrogens is 218 g/mol. The number of imidazole rings is 1. The van der Waals surface area contributed by atoms with E-state index in [0.29, 0.717) is 5.88 Å². The van der Waals surface area contributed by atoms with Gasteiger partial charge in [-0.25, -0.2) is 9.97 Å². The molecule has 0 N–H and O–H groups in total.